The first kappa shape index (κ1) is 17.2. The molecule has 1 aromatic heterocycles. The molecule has 0 amide bonds. The lowest BCUT2D eigenvalue weighted by Crippen LogP contribution is -2.31. The first-order valence-corrected chi connectivity index (χ1v) is 8.72. The summed E-state index contributed by atoms with van der Waals surface area (Å²) in [6, 6.07) is 3.01. The minimum absolute atomic E-state index is 0.0470. The Labute approximate surface area is 145 Å². The number of aromatic nitrogens is 3. The molecule has 3 rings (SSSR count). The van der Waals surface area contributed by atoms with Gasteiger partial charge in [0, 0.05) is 24.6 Å². The summed E-state index contributed by atoms with van der Waals surface area (Å²) < 4.78 is 17.2. The van der Waals surface area contributed by atoms with Gasteiger partial charge in [0.2, 0.25) is 0 Å². The number of hydrogen-bond donors (Lipinski definition) is 1. The number of benzene rings is 1. The van der Waals surface area contributed by atoms with Crippen molar-refractivity contribution in [2.24, 2.45) is 0 Å². The first-order chi connectivity index (χ1) is 11.5. The first-order valence-electron chi connectivity index (χ1n) is 8.34. The predicted octanol–water partition coefficient (Wildman–Crippen LogP) is 2.68. The lowest BCUT2D eigenvalue weighted by Gasteiger charge is -2.21. The van der Waals surface area contributed by atoms with Crippen molar-refractivity contribution in [3.63, 3.8) is 0 Å². The second kappa shape index (κ2) is 7.07. The molecule has 0 aliphatic carbocycles. The van der Waals surface area contributed by atoms with E-state index in [4.69, 9.17) is 11.6 Å². The highest BCUT2D eigenvalue weighted by Crippen LogP contribution is 2.25. The number of aryl methyl sites for hydroxylation is 1. The van der Waals surface area contributed by atoms with Gasteiger partial charge in [-0.15, -0.1) is 0 Å². The van der Waals surface area contributed by atoms with Crippen molar-refractivity contribution in [1.29, 1.82) is 0 Å². The molecule has 1 aliphatic heterocycles. The number of hydrogen-bond acceptors (Lipinski definition) is 3. The number of rotatable bonds is 4. The molecule has 0 unspecified atom stereocenters. The van der Waals surface area contributed by atoms with E-state index in [1.165, 1.54) is 10.7 Å². The van der Waals surface area contributed by atoms with E-state index < -0.39 is 5.82 Å². The molecule has 130 valence electrons. The van der Waals surface area contributed by atoms with Crippen LogP contribution >= 0.6 is 11.6 Å². The Balaban J connectivity index is 1.99. The molecule has 1 aromatic carbocycles. The standard InChI is InChI=1S/C17H22ClFN4O/c1-3-22-16(12-5-4-8-20-9-12)21-23(17(22)24)10-13-14(19)7-6-11(2)15(13)18/h6-7,12,20H,3-5,8-10H2,1-2H3/t12-/m1/s1. The van der Waals surface area contributed by atoms with Crippen LogP contribution in [0.4, 0.5) is 4.39 Å². The number of halogens is 2. The van der Waals surface area contributed by atoms with E-state index in [0.717, 1.165) is 37.3 Å². The van der Waals surface area contributed by atoms with Crippen LogP contribution in [0, 0.1) is 12.7 Å². The van der Waals surface area contributed by atoms with Gasteiger partial charge in [-0.2, -0.15) is 5.10 Å². The molecular formula is C17H22ClFN4O. The molecule has 0 spiro atoms. The fourth-order valence-electron chi connectivity index (χ4n) is 3.24. The molecule has 1 atom stereocenters. The Morgan fingerprint density at radius 3 is 2.92 bits per heavy atom. The van der Waals surface area contributed by atoms with E-state index in [9.17, 15) is 9.18 Å². The normalized spacial score (nSPS) is 18.1. The summed E-state index contributed by atoms with van der Waals surface area (Å²) in [5.41, 5.74) is 0.885. The van der Waals surface area contributed by atoms with Crippen LogP contribution in [0.1, 0.15) is 42.6 Å². The summed E-state index contributed by atoms with van der Waals surface area (Å²) in [7, 11) is 0. The average Bonchev–Trinajstić information content (AvgIpc) is 2.91. The van der Waals surface area contributed by atoms with Gasteiger partial charge in [0.1, 0.15) is 11.6 Å². The molecule has 0 saturated carbocycles. The van der Waals surface area contributed by atoms with Crippen molar-refractivity contribution in [3.05, 3.63) is 50.4 Å². The SMILES string of the molecule is CCn1c([C@@H]2CCCNC2)nn(Cc2c(F)ccc(C)c2Cl)c1=O. The Kier molecular flexibility index (Phi) is 5.06. The number of piperidine rings is 1. The Hall–Kier alpha value is -1.66. The van der Waals surface area contributed by atoms with Gasteiger partial charge < -0.3 is 5.32 Å². The summed E-state index contributed by atoms with van der Waals surface area (Å²) >= 11 is 6.23. The predicted molar refractivity (Wildman–Crippen MR) is 92.3 cm³/mol. The van der Waals surface area contributed by atoms with E-state index in [-0.39, 0.29) is 18.2 Å². The summed E-state index contributed by atoms with van der Waals surface area (Å²) in [6.07, 6.45) is 2.07. The van der Waals surface area contributed by atoms with Crippen LogP contribution in [-0.2, 0) is 13.1 Å². The zero-order valence-corrected chi connectivity index (χ0v) is 14.7. The van der Waals surface area contributed by atoms with Crippen molar-refractivity contribution in [2.75, 3.05) is 13.1 Å². The maximum absolute atomic E-state index is 14.1. The van der Waals surface area contributed by atoms with Gasteiger partial charge in [-0.1, -0.05) is 17.7 Å². The molecule has 0 bridgehead atoms. The van der Waals surface area contributed by atoms with E-state index in [1.54, 1.807) is 10.6 Å². The number of nitrogens with zero attached hydrogens (tertiary/aromatic N) is 3. The van der Waals surface area contributed by atoms with Crippen LogP contribution in [0.5, 0.6) is 0 Å². The average molecular weight is 353 g/mol. The molecule has 1 N–H and O–H groups in total. The molecular weight excluding hydrogens is 331 g/mol. The lowest BCUT2D eigenvalue weighted by molar-refractivity contribution is 0.431. The van der Waals surface area contributed by atoms with E-state index in [1.807, 2.05) is 13.8 Å². The van der Waals surface area contributed by atoms with Crippen molar-refractivity contribution < 1.29 is 4.39 Å². The van der Waals surface area contributed by atoms with Gasteiger partial charge in [0.05, 0.1) is 11.6 Å². The maximum Gasteiger partial charge on any atom is 0.346 e. The van der Waals surface area contributed by atoms with E-state index in [0.29, 0.717) is 17.1 Å². The fraction of sp³-hybridized carbons (Fsp3) is 0.529. The molecule has 24 heavy (non-hydrogen) atoms. The highest BCUT2D eigenvalue weighted by atomic mass is 35.5. The molecule has 7 heteroatoms. The monoisotopic (exact) mass is 352 g/mol. The number of nitrogens with one attached hydrogen (secondary N) is 1. The Morgan fingerprint density at radius 2 is 2.25 bits per heavy atom. The second-order valence-corrected chi connectivity index (χ2v) is 6.62. The summed E-state index contributed by atoms with van der Waals surface area (Å²) in [4.78, 5) is 12.7. The van der Waals surface area contributed by atoms with Crippen LogP contribution in [0.15, 0.2) is 16.9 Å². The molecule has 5 nitrogen and oxygen atoms in total. The molecule has 2 heterocycles. The molecule has 0 radical (unpaired) electrons. The molecule has 2 aromatic rings. The summed E-state index contributed by atoms with van der Waals surface area (Å²) in [5.74, 6) is 0.578. The highest BCUT2D eigenvalue weighted by molar-refractivity contribution is 6.32. The largest absolute Gasteiger partial charge is 0.346 e. The van der Waals surface area contributed by atoms with E-state index in [2.05, 4.69) is 10.4 Å². The third kappa shape index (κ3) is 3.13. The van der Waals surface area contributed by atoms with Crippen molar-refractivity contribution >= 4 is 11.6 Å². The Bertz CT molecular complexity index is 793. The van der Waals surface area contributed by atoms with Crippen LogP contribution in [0.2, 0.25) is 5.02 Å². The minimum atomic E-state index is -0.413. The van der Waals surface area contributed by atoms with Gasteiger partial charge in [-0.3, -0.25) is 4.57 Å². The summed E-state index contributed by atoms with van der Waals surface area (Å²) in [5, 5.41) is 8.21. The third-order valence-corrected chi connectivity index (χ3v) is 5.14. The zero-order chi connectivity index (χ0) is 17.3. The van der Waals surface area contributed by atoms with Gasteiger partial charge in [-0.25, -0.2) is 13.9 Å². The minimum Gasteiger partial charge on any atom is -0.316 e. The second-order valence-electron chi connectivity index (χ2n) is 6.24. The fourth-order valence-corrected chi connectivity index (χ4v) is 3.45. The molecule has 1 saturated heterocycles. The highest BCUT2D eigenvalue weighted by Gasteiger charge is 2.24. The Morgan fingerprint density at radius 1 is 1.46 bits per heavy atom. The van der Waals surface area contributed by atoms with Gasteiger partial charge in [-0.05, 0) is 44.9 Å². The van der Waals surface area contributed by atoms with Crippen LogP contribution < -0.4 is 11.0 Å². The van der Waals surface area contributed by atoms with E-state index >= 15 is 0 Å². The molecule has 1 aliphatic rings. The van der Waals surface area contributed by atoms with Crippen LogP contribution in [0.25, 0.3) is 0 Å². The summed E-state index contributed by atoms with van der Waals surface area (Å²) in [6.45, 7) is 6.15. The van der Waals surface area contributed by atoms with Crippen LogP contribution in [0.3, 0.4) is 0 Å². The lowest BCUT2D eigenvalue weighted by atomic mass is 9.99. The van der Waals surface area contributed by atoms with Gasteiger partial charge in [0.15, 0.2) is 0 Å². The zero-order valence-electron chi connectivity index (χ0n) is 14.0. The third-order valence-electron chi connectivity index (χ3n) is 4.62. The van der Waals surface area contributed by atoms with Gasteiger partial charge in [0.25, 0.3) is 0 Å². The quantitative estimate of drug-likeness (QED) is 0.920. The topological polar surface area (TPSA) is 51.9 Å². The van der Waals surface area contributed by atoms with Gasteiger partial charge >= 0.3 is 5.69 Å². The van der Waals surface area contributed by atoms with Crippen molar-refractivity contribution in [3.8, 4) is 0 Å². The van der Waals surface area contributed by atoms with Crippen LogP contribution in [-0.4, -0.2) is 27.4 Å². The van der Waals surface area contributed by atoms with Crippen molar-refractivity contribution in [1.82, 2.24) is 19.7 Å². The molecule has 1 fully saturated rings. The smallest absolute Gasteiger partial charge is 0.316 e. The van der Waals surface area contributed by atoms with Crippen molar-refractivity contribution in [2.45, 2.75) is 45.7 Å². The maximum atomic E-state index is 14.1.